The van der Waals surface area contributed by atoms with E-state index in [0.717, 1.165) is 17.5 Å². The van der Waals surface area contributed by atoms with E-state index in [1.807, 2.05) is 36.4 Å². The van der Waals surface area contributed by atoms with E-state index < -0.39 is 28.7 Å². The number of benzene rings is 2. The second kappa shape index (κ2) is 7.01. The summed E-state index contributed by atoms with van der Waals surface area (Å²) >= 11 is -1.87. The molecule has 2 aliphatic heterocycles. The fourth-order valence-corrected chi connectivity index (χ4v) is 6.29. The maximum Gasteiger partial charge on any atom is 0.253 e. The monoisotopic (exact) mass is 444 g/mol. The van der Waals surface area contributed by atoms with Crippen LogP contribution in [0.25, 0.3) is 0 Å². The van der Waals surface area contributed by atoms with Gasteiger partial charge in [-0.2, -0.15) is 0 Å². The summed E-state index contributed by atoms with van der Waals surface area (Å²) in [6, 6.07) is 11.4. The van der Waals surface area contributed by atoms with Gasteiger partial charge in [0.15, 0.2) is 11.6 Å². The number of ether oxygens (including phenoxy) is 3. The number of anilines is 1. The number of hydrogen-bond donors (Lipinski definition) is 1. The second-order valence-electron chi connectivity index (χ2n) is 8.32. The van der Waals surface area contributed by atoms with E-state index in [4.69, 9.17) is 14.2 Å². The van der Waals surface area contributed by atoms with Crippen LogP contribution in [-0.2, 0) is 32.0 Å². The van der Waals surface area contributed by atoms with E-state index in [1.165, 1.54) is 4.31 Å². The summed E-state index contributed by atoms with van der Waals surface area (Å²) in [4.78, 5) is 11.9. The Hall–Kier alpha value is -2.49. The van der Waals surface area contributed by atoms with E-state index in [2.05, 4.69) is 4.72 Å². The normalized spacial score (nSPS) is 27.7. The Labute approximate surface area is 181 Å². The van der Waals surface area contributed by atoms with Crippen molar-refractivity contribution in [3.05, 3.63) is 58.9 Å². The Morgan fingerprint density at radius 2 is 2.03 bits per heavy atom. The maximum absolute atomic E-state index is 16.1. The fraction of sp³-hybridized carbons (Fsp3) is 0.409. The molecule has 0 radical (unpaired) electrons. The van der Waals surface area contributed by atoms with E-state index in [9.17, 15) is 9.00 Å². The summed E-state index contributed by atoms with van der Waals surface area (Å²) in [5.74, 6) is -1.52. The number of halogens is 1. The van der Waals surface area contributed by atoms with Gasteiger partial charge >= 0.3 is 0 Å². The number of nitrogens with zero attached hydrogens (tertiary/aromatic N) is 1. The van der Waals surface area contributed by atoms with Crippen LogP contribution in [0.1, 0.15) is 41.4 Å². The SMILES string of the molecule is O=C1CN(c2c(OCc3ccccc3)cc3c(c2F)C2CC3CC23OCCO3)S(=O)N1. The van der Waals surface area contributed by atoms with Crippen LogP contribution in [0, 0.1) is 5.82 Å². The van der Waals surface area contributed by atoms with Gasteiger partial charge in [-0.3, -0.25) is 13.8 Å². The summed E-state index contributed by atoms with van der Waals surface area (Å²) in [5.41, 5.74) is 2.41. The standard InChI is InChI=1S/C22H21FN2O5S/c23-20-19-15(14-8-16(19)22(10-14)29-6-7-30-22)9-17(28-12-13-4-2-1-3-5-13)21(20)25-11-18(26)24-31(25)27/h1-5,9,14,16H,6-8,10-12H2,(H,24,26). The first-order chi connectivity index (χ1) is 15.1. The van der Waals surface area contributed by atoms with Crippen molar-refractivity contribution < 1.29 is 27.6 Å². The molecule has 1 saturated carbocycles. The molecular weight excluding hydrogens is 423 g/mol. The molecule has 3 fully saturated rings. The Balaban J connectivity index is 1.44. The lowest BCUT2D eigenvalue weighted by molar-refractivity contribution is -0.166. The second-order valence-corrected chi connectivity index (χ2v) is 9.47. The van der Waals surface area contributed by atoms with E-state index in [0.29, 0.717) is 30.9 Å². The third-order valence-electron chi connectivity index (χ3n) is 6.60. The number of carbonyl (C=O) groups excluding carboxylic acids is 1. The Morgan fingerprint density at radius 3 is 2.74 bits per heavy atom. The van der Waals surface area contributed by atoms with Gasteiger partial charge in [0, 0.05) is 17.9 Å². The first kappa shape index (κ1) is 19.2. The lowest BCUT2D eigenvalue weighted by Gasteiger charge is -2.34. The third-order valence-corrected chi connectivity index (χ3v) is 7.71. The molecule has 4 aliphatic rings. The van der Waals surface area contributed by atoms with Crippen LogP contribution in [0.2, 0.25) is 0 Å². The number of nitrogens with one attached hydrogen (secondary N) is 1. The van der Waals surface area contributed by atoms with Crippen molar-refractivity contribution in [2.45, 2.75) is 37.1 Å². The molecular formula is C22H21FN2O5S. The smallest absolute Gasteiger partial charge is 0.253 e. The van der Waals surface area contributed by atoms with Crippen molar-refractivity contribution in [1.82, 2.24) is 4.72 Å². The highest BCUT2D eigenvalue weighted by molar-refractivity contribution is 7.85. The van der Waals surface area contributed by atoms with Crippen LogP contribution in [0.5, 0.6) is 5.75 Å². The third kappa shape index (κ3) is 2.90. The molecule has 2 heterocycles. The number of hydrogen-bond acceptors (Lipinski definition) is 5. The zero-order valence-electron chi connectivity index (χ0n) is 16.6. The Morgan fingerprint density at radius 1 is 1.26 bits per heavy atom. The molecule has 0 aromatic heterocycles. The number of fused-ring (bicyclic) bond motifs is 6. The van der Waals surface area contributed by atoms with Crippen LogP contribution in [-0.4, -0.2) is 35.7 Å². The molecule has 2 aromatic rings. The van der Waals surface area contributed by atoms with Gasteiger partial charge in [0.05, 0.1) is 13.2 Å². The van der Waals surface area contributed by atoms with Gasteiger partial charge in [0.25, 0.3) is 5.91 Å². The quantitative estimate of drug-likeness (QED) is 0.785. The molecule has 2 bridgehead atoms. The molecule has 6 rings (SSSR count). The summed E-state index contributed by atoms with van der Waals surface area (Å²) in [6.45, 7) is 1.04. The van der Waals surface area contributed by atoms with Gasteiger partial charge in [-0.25, -0.2) is 8.60 Å². The van der Waals surface area contributed by atoms with Gasteiger partial charge < -0.3 is 14.2 Å². The predicted molar refractivity (Wildman–Crippen MR) is 110 cm³/mol. The van der Waals surface area contributed by atoms with Gasteiger partial charge in [0.2, 0.25) is 11.2 Å². The maximum atomic E-state index is 16.1. The van der Waals surface area contributed by atoms with Gasteiger partial charge in [-0.15, -0.1) is 0 Å². The summed E-state index contributed by atoms with van der Waals surface area (Å²) in [7, 11) is 0. The Kier molecular flexibility index (Phi) is 4.35. The topological polar surface area (TPSA) is 77.1 Å². The zero-order valence-corrected chi connectivity index (χ0v) is 17.5. The van der Waals surface area contributed by atoms with Crippen molar-refractivity contribution in [2.24, 2.45) is 0 Å². The molecule has 7 nitrogen and oxygen atoms in total. The first-order valence-corrected chi connectivity index (χ1v) is 11.5. The number of carbonyl (C=O) groups is 1. The number of rotatable bonds is 4. The van der Waals surface area contributed by atoms with Gasteiger partial charge in [0.1, 0.15) is 24.6 Å². The number of amides is 1. The van der Waals surface area contributed by atoms with E-state index in [-0.39, 0.29) is 30.7 Å². The molecule has 1 spiro atoms. The first-order valence-electron chi connectivity index (χ1n) is 10.4. The average molecular weight is 444 g/mol. The molecule has 31 heavy (non-hydrogen) atoms. The molecule has 1 amide bonds. The van der Waals surface area contributed by atoms with Crippen LogP contribution in [0.4, 0.5) is 10.1 Å². The Bertz CT molecular complexity index is 1090. The van der Waals surface area contributed by atoms with Crippen LogP contribution < -0.4 is 13.8 Å². The van der Waals surface area contributed by atoms with Crippen molar-refractivity contribution >= 4 is 22.8 Å². The van der Waals surface area contributed by atoms with Gasteiger partial charge in [-0.1, -0.05) is 30.3 Å². The minimum absolute atomic E-state index is 0.0482. The summed E-state index contributed by atoms with van der Waals surface area (Å²) in [5, 5.41) is 0. The lowest BCUT2D eigenvalue weighted by atomic mass is 9.86. The van der Waals surface area contributed by atoms with Crippen LogP contribution >= 0.6 is 0 Å². The minimum Gasteiger partial charge on any atom is -0.487 e. The largest absolute Gasteiger partial charge is 0.487 e. The molecule has 162 valence electrons. The van der Waals surface area contributed by atoms with Crippen molar-refractivity contribution in [3.63, 3.8) is 0 Å². The molecule has 2 saturated heterocycles. The summed E-state index contributed by atoms with van der Waals surface area (Å²) in [6.07, 6.45) is 1.44. The minimum atomic E-state index is -1.87. The molecule has 3 atom stereocenters. The average Bonchev–Trinajstić information content (AvgIpc) is 3.53. The van der Waals surface area contributed by atoms with Crippen molar-refractivity contribution in [3.8, 4) is 5.75 Å². The van der Waals surface area contributed by atoms with Crippen LogP contribution in [0.15, 0.2) is 36.4 Å². The van der Waals surface area contributed by atoms with Crippen molar-refractivity contribution in [2.75, 3.05) is 24.1 Å². The molecule has 9 heteroatoms. The summed E-state index contributed by atoms with van der Waals surface area (Å²) < 4.78 is 50.1. The molecule has 2 aromatic carbocycles. The highest BCUT2D eigenvalue weighted by Gasteiger charge is 2.59. The zero-order chi connectivity index (χ0) is 21.2. The van der Waals surface area contributed by atoms with Gasteiger partial charge in [-0.05, 0) is 29.5 Å². The van der Waals surface area contributed by atoms with E-state index >= 15 is 4.39 Å². The molecule has 3 unspecified atom stereocenters. The van der Waals surface area contributed by atoms with Crippen LogP contribution in [0.3, 0.4) is 0 Å². The fourth-order valence-electron chi connectivity index (χ4n) is 5.35. The lowest BCUT2D eigenvalue weighted by Crippen LogP contribution is -2.36. The molecule has 2 aliphatic carbocycles. The highest BCUT2D eigenvalue weighted by Crippen LogP contribution is 2.63. The van der Waals surface area contributed by atoms with Crippen molar-refractivity contribution in [1.29, 1.82) is 0 Å². The predicted octanol–water partition coefficient (Wildman–Crippen LogP) is 2.64. The highest BCUT2D eigenvalue weighted by atomic mass is 32.2. The molecule has 1 N–H and O–H groups in total. The van der Waals surface area contributed by atoms with E-state index in [1.54, 1.807) is 0 Å².